The molecule has 1 aliphatic rings. The molecular formula is C14H21IN2. The third kappa shape index (κ3) is 3.85. The van der Waals surface area contributed by atoms with Crippen molar-refractivity contribution >= 4 is 28.3 Å². The van der Waals surface area contributed by atoms with E-state index in [-0.39, 0.29) is 0 Å². The highest BCUT2D eigenvalue weighted by Gasteiger charge is 2.16. The Labute approximate surface area is 118 Å². The van der Waals surface area contributed by atoms with Crippen LogP contribution >= 0.6 is 22.6 Å². The number of benzene rings is 1. The predicted octanol–water partition coefficient (Wildman–Crippen LogP) is 3.50. The molecule has 0 atom stereocenters. The van der Waals surface area contributed by atoms with E-state index in [0.717, 1.165) is 21.7 Å². The van der Waals surface area contributed by atoms with Crippen molar-refractivity contribution in [3.8, 4) is 0 Å². The van der Waals surface area contributed by atoms with Gasteiger partial charge in [0.2, 0.25) is 0 Å². The molecular weight excluding hydrogens is 323 g/mol. The van der Waals surface area contributed by atoms with E-state index in [0.29, 0.717) is 0 Å². The topological polar surface area (TPSA) is 29.3 Å². The van der Waals surface area contributed by atoms with Crippen molar-refractivity contribution in [2.24, 2.45) is 5.92 Å². The maximum absolute atomic E-state index is 5.83. The number of halogens is 1. The number of hydrogen-bond acceptors (Lipinski definition) is 2. The molecule has 1 aliphatic carbocycles. The summed E-state index contributed by atoms with van der Waals surface area (Å²) in [5.41, 5.74) is 8.08. The van der Waals surface area contributed by atoms with Crippen LogP contribution in [-0.4, -0.2) is 18.5 Å². The first-order chi connectivity index (χ1) is 8.15. The van der Waals surface area contributed by atoms with Crippen molar-refractivity contribution in [3.05, 3.63) is 27.3 Å². The standard InChI is InChI=1S/C14H21IN2/c1-17(9-11-4-2-3-5-11)10-12-6-7-14(16)13(15)8-12/h6-8,11H,2-5,9-10,16H2,1H3. The monoisotopic (exact) mass is 344 g/mol. The van der Waals surface area contributed by atoms with Crippen LogP contribution in [0.3, 0.4) is 0 Å². The molecule has 0 spiro atoms. The Morgan fingerprint density at radius 1 is 1.35 bits per heavy atom. The zero-order valence-corrected chi connectivity index (χ0v) is 12.6. The lowest BCUT2D eigenvalue weighted by molar-refractivity contribution is 0.271. The minimum atomic E-state index is 0.882. The molecule has 2 rings (SSSR count). The molecule has 1 fully saturated rings. The van der Waals surface area contributed by atoms with Gasteiger partial charge in [-0.05, 0) is 66.1 Å². The van der Waals surface area contributed by atoms with Crippen LogP contribution in [0.1, 0.15) is 31.2 Å². The van der Waals surface area contributed by atoms with E-state index < -0.39 is 0 Å². The summed E-state index contributed by atoms with van der Waals surface area (Å²) >= 11 is 2.30. The molecule has 2 nitrogen and oxygen atoms in total. The Morgan fingerprint density at radius 3 is 2.71 bits per heavy atom. The normalized spacial score (nSPS) is 16.9. The molecule has 0 amide bonds. The van der Waals surface area contributed by atoms with Gasteiger partial charge in [-0.1, -0.05) is 18.9 Å². The minimum Gasteiger partial charge on any atom is -0.398 e. The summed E-state index contributed by atoms with van der Waals surface area (Å²) in [4.78, 5) is 2.44. The number of nitrogens with zero attached hydrogens (tertiary/aromatic N) is 1. The zero-order chi connectivity index (χ0) is 12.3. The number of anilines is 1. The van der Waals surface area contributed by atoms with E-state index in [9.17, 15) is 0 Å². The second-order valence-corrected chi connectivity index (χ2v) is 6.37. The average molecular weight is 344 g/mol. The fourth-order valence-electron chi connectivity index (χ4n) is 2.68. The minimum absolute atomic E-state index is 0.882. The van der Waals surface area contributed by atoms with Gasteiger partial charge in [0.1, 0.15) is 0 Å². The van der Waals surface area contributed by atoms with Gasteiger partial charge in [-0.2, -0.15) is 0 Å². The molecule has 3 heteroatoms. The fraction of sp³-hybridized carbons (Fsp3) is 0.571. The number of rotatable bonds is 4. The van der Waals surface area contributed by atoms with E-state index in [1.165, 1.54) is 37.8 Å². The van der Waals surface area contributed by atoms with Crippen LogP contribution < -0.4 is 5.73 Å². The van der Waals surface area contributed by atoms with E-state index in [1.54, 1.807) is 0 Å². The van der Waals surface area contributed by atoms with Crippen LogP contribution in [0, 0.1) is 9.49 Å². The Bertz CT molecular complexity index is 372. The second kappa shape index (κ2) is 6.05. The van der Waals surface area contributed by atoms with E-state index >= 15 is 0 Å². The molecule has 0 radical (unpaired) electrons. The highest BCUT2D eigenvalue weighted by atomic mass is 127. The lowest BCUT2D eigenvalue weighted by Gasteiger charge is -2.21. The molecule has 1 saturated carbocycles. The van der Waals surface area contributed by atoms with Crippen LogP contribution in [0.25, 0.3) is 0 Å². The molecule has 94 valence electrons. The maximum Gasteiger partial charge on any atom is 0.0449 e. The van der Waals surface area contributed by atoms with Crippen molar-refractivity contribution in [3.63, 3.8) is 0 Å². The molecule has 1 aromatic rings. The van der Waals surface area contributed by atoms with Crippen molar-refractivity contribution < 1.29 is 0 Å². The molecule has 0 saturated heterocycles. The molecule has 0 aromatic heterocycles. The Kier molecular flexibility index (Phi) is 4.68. The summed E-state index contributed by atoms with van der Waals surface area (Å²) in [5, 5.41) is 0. The summed E-state index contributed by atoms with van der Waals surface area (Å²) in [6, 6.07) is 6.35. The summed E-state index contributed by atoms with van der Waals surface area (Å²) in [5.74, 6) is 0.924. The van der Waals surface area contributed by atoms with E-state index in [4.69, 9.17) is 5.73 Å². The van der Waals surface area contributed by atoms with Crippen molar-refractivity contribution in [1.29, 1.82) is 0 Å². The first-order valence-corrected chi connectivity index (χ1v) is 7.45. The lowest BCUT2D eigenvalue weighted by atomic mass is 10.1. The Balaban J connectivity index is 1.88. The van der Waals surface area contributed by atoms with Gasteiger partial charge >= 0.3 is 0 Å². The molecule has 0 heterocycles. The first-order valence-electron chi connectivity index (χ1n) is 6.37. The van der Waals surface area contributed by atoms with Gasteiger partial charge in [-0.25, -0.2) is 0 Å². The number of hydrogen-bond donors (Lipinski definition) is 1. The van der Waals surface area contributed by atoms with Crippen molar-refractivity contribution in [1.82, 2.24) is 4.90 Å². The summed E-state index contributed by atoms with van der Waals surface area (Å²) in [6.45, 7) is 2.27. The van der Waals surface area contributed by atoms with E-state index in [1.807, 2.05) is 6.07 Å². The maximum atomic E-state index is 5.83. The third-order valence-electron chi connectivity index (χ3n) is 3.56. The van der Waals surface area contributed by atoms with Gasteiger partial charge in [0.15, 0.2) is 0 Å². The second-order valence-electron chi connectivity index (χ2n) is 5.20. The van der Waals surface area contributed by atoms with Gasteiger partial charge < -0.3 is 10.6 Å². The molecule has 2 N–H and O–H groups in total. The summed E-state index contributed by atoms with van der Waals surface area (Å²) in [7, 11) is 2.22. The lowest BCUT2D eigenvalue weighted by Crippen LogP contribution is -2.24. The predicted molar refractivity (Wildman–Crippen MR) is 81.9 cm³/mol. The highest BCUT2D eigenvalue weighted by molar-refractivity contribution is 14.1. The number of nitrogens with two attached hydrogens (primary N) is 1. The molecule has 0 bridgehead atoms. The summed E-state index contributed by atoms with van der Waals surface area (Å²) in [6.07, 6.45) is 5.70. The Hall–Kier alpha value is -0.290. The summed E-state index contributed by atoms with van der Waals surface area (Å²) < 4.78 is 1.16. The van der Waals surface area contributed by atoms with Crippen LogP contribution in [0.2, 0.25) is 0 Å². The average Bonchev–Trinajstić information content (AvgIpc) is 2.76. The van der Waals surface area contributed by atoms with Crippen LogP contribution in [0.5, 0.6) is 0 Å². The van der Waals surface area contributed by atoms with Crippen LogP contribution in [-0.2, 0) is 6.54 Å². The fourth-order valence-corrected chi connectivity index (χ4v) is 3.26. The highest BCUT2D eigenvalue weighted by Crippen LogP contribution is 2.25. The van der Waals surface area contributed by atoms with Crippen molar-refractivity contribution in [2.45, 2.75) is 32.2 Å². The van der Waals surface area contributed by atoms with Crippen LogP contribution in [0.4, 0.5) is 5.69 Å². The van der Waals surface area contributed by atoms with E-state index in [2.05, 4.69) is 46.7 Å². The molecule has 0 aliphatic heterocycles. The smallest absolute Gasteiger partial charge is 0.0449 e. The van der Waals surface area contributed by atoms with Gasteiger partial charge in [-0.3, -0.25) is 0 Å². The SMILES string of the molecule is CN(Cc1ccc(N)c(I)c1)CC1CCCC1. The largest absolute Gasteiger partial charge is 0.398 e. The van der Waals surface area contributed by atoms with Crippen molar-refractivity contribution in [2.75, 3.05) is 19.3 Å². The van der Waals surface area contributed by atoms with Gasteiger partial charge in [0.25, 0.3) is 0 Å². The number of nitrogen functional groups attached to an aromatic ring is 1. The van der Waals surface area contributed by atoms with Crippen LogP contribution in [0.15, 0.2) is 18.2 Å². The zero-order valence-electron chi connectivity index (χ0n) is 10.5. The van der Waals surface area contributed by atoms with Gasteiger partial charge in [-0.15, -0.1) is 0 Å². The third-order valence-corrected chi connectivity index (χ3v) is 4.50. The first kappa shape index (κ1) is 13.1. The van der Waals surface area contributed by atoms with Gasteiger partial charge in [0, 0.05) is 22.3 Å². The quantitative estimate of drug-likeness (QED) is 0.669. The van der Waals surface area contributed by atoms with Gasteiger partial charge in [0.05, 0.1) is 0 Å². The molecule has 17 heavy (non-hydrogen) atoms. The Morgan fingerprint density at radius 2 is 2.06 bits per heavy atom. The molecule has 0 unspecified atom stereocenters. The molecule has 1 aromatic carbocycles.